The van der Waals surface area contributed by atoms with Crippen molar-refractivity contribution in [2.75, 3.05) is 0 Å². The molecule has 0 heterocycles. The zero-order valence-electron chi connectivity index (χ0n) is 18.5. The Morgan fingerprint density at radius 1 is 0.480 bits per heavy atom. The van der Waals surface area contributed by atoms with E-state index in [0.717, 1.165) is 5.92 Å². The van der Waals surface area contributed by atoms with E-state index in [2.05, 4.69) is 27.7 Å². The smallest absolute Gasteiger partial charge is 0.0275 e. The first kappa shape index (κ1) is 25.0. The molecule has 0 aromatic rings. The van der Waals surface area contributed by atoms with Crippen molar-refractivity contribution in [1.29, 1.82) is 0 Å². The van der Waals surface area contributed by atoms with Crippen molar-refractivity contribution in [3.05, 3.63) is 5.92 Å². The maximum Gasteiger partial charge on any atom is -0.0275 e. The highest BCUT2D eigenvalue weighted by atomic mass is 14.1. The molecule has 0 aliphatic heterocycles. The quantitative estimate of drug-likeness (QED) is 0.191. The van der Waals surface area contributed by atoms with Gasteiger partial charge in [0.05, 0.1) is 0 Å². The number of unbranched alkanes of at least 4 members (excludes halogenated alkanes) is 17. The first-order valence-electron chi connectivity index (χ1n) is 12.0. The molecule has 0 N–H and O–H groups in total. The molecule has 0 aromatic heterocycles. The maximum atomic E-state index is 2.38. The lowest BCUT2D eigenvalue weighted by Crippen LogP contribution is -2.01. The van der Waals surface area contributed by atoms with E-state index in [-0.39, 0.29) is 0 Å². The van der Waals surface area contributed by atoms with Crippen LogP contribution in [0.4, 0.5) is 0 Å². The van der Waals surface area contributed by atoms with Gasteiger partial charge in [-0.15, -0.1) is 0 Å². The van der Waals surface area contributed by atoms with Crippen LogP contribution in [0.25, 0.3) is 0 Å². The van der Waals surface area contributed by atoms with Crippen LogP contribution in [0.15, 0.2) is 0 Å². The van der Waals surface area contributed by atoms with Crippen LogP contribution in [0.2, 0.25) is 0 Å². The van der Waals surface area contributed by atoms with E-state index in [0.29, 0.717) is 0 Å². The molecule has 0 aromatic carbocycles. The number of rotatable bonds is 20. The lowest BCUT2D eigenvalue weighted by molar-refractivity contribution is 0.489. The third-order valence-electron chi connectivity index (χ3n) is 5.98. The minimum atomic E-state index is 0.834. The fourth-order valence-corrected chi connectivity index (χ4v) is 3.64. The van der Waals surface area contributed by atoms with Crippen molar-refractivity contribution in [3.8, 4) is 0 Å². The minimum Gasteiger partial charge on any atom is -0.0654 e. The molecule has 0 fully saturated rings. The zero-order valence-corrected chi connectivity index (χ0v) is 18.5. The van der Waals surface area contributed by atoms with Gasteiger partial charge < -0.3 is 0 Å². The van der Waals surface area contributed by atoms with Crippen molar-refractivity contribution in [1.82, 2.24) is 0 Å². The summed E-state index contributed by atoms with van der Waals surface area (Å²) >= 11 is 0. The van der Waals surface area contributed by atoms with Gasteiger partial charge in [-0.05, 0) is 11.8 Å². The van der Waals surface area contributed by atoms with Crippen LogP contribution in [0.3, 0.4) is 0 Å². The van der Waals surface area contributed by atoms with E-state index in [1.807, 2.05) is 0 Å². The Bertz CT molecular complexity index is 230. The van der Waals surface area contributed by atoms with Crippen LogP contribution in [-0.4, -0.2) is 0 Å². The summed E-state index contributed by atoms with van der Waals surface area (Å²) in [5.41, 5.74) is 0. The molecule has 0 bridgehead atoms. The lowest BCUT2D eigenvalue weighted by Gasteiger charge is -2.14. The fraction of sp³-hybridized carbons (Fsp3) is 0.960. The van der Waals surface area contributed by atoms with Gasteiger partial charge in [0, 0.05) is 0 Å². The maximum absolute atomic E-state index is 2.38. The average molecular weight is 352 g/mol. The third-order valence-corrected chi connectivity index (χ3v) is 5.98. The van der Waals surface area contributed by atoms with Gasteiger partial charge >= 0.3 is 0 Å². The van der Waals surface area contributed by atoms with E-state index in [1.54, 1.807) is 5.92 Å². The van der Waals surface area contributed by atoms with Gasteiger partial charge in [-0.3, -0.25) is 0 Å². The molecule has 25 heavy (non-hydrogen) atoms. The summed E-state index contributed by atoms with van der Waals surface area (Å²) < 4.78 is 0. The number of hydrogen-bond acceptors (Lipinski definition) is 0. The predicted molar refractivity (Wildman–Crippen MR) is 117 cm³/mol. The number of hydrogen-bond donors (Lipinski definition) is 0. The van der Waals surface area contributed by atoms with E-state index < -0.39 is 0 Å². The normalized spacial score (nSPS) is 12.8. The fourth-order valence-electron chi connectivity index (χ4n) is 3.64. The summed E-state index contributed by atoms with van der Waals surface area (Å²) in [6, 6.07) is 0. The highest BCUT2D eigenvalue weighted by Crippen LogP contribution is 2.20. The molecule has 151 valence electrons. The van der Waals surface area contributed by atoms with E-state index in [1.165, 1.54) is 122 Å². The first-order chi connectivity index (χ1) is 12.2. The van der Waals surface area contributed by atoms with Crippen LogP contribution >= 0.6 is 0 Å². The van der Waals surface area contributed by atoms with E-state index in [4.69, 9.17) is 0 Å². The Morgan fingerprint density at radius 2 is 0.760 bits per heavy atom. The molecule has 0 rings (SSSR count). The summed E-state index contributed by atoms with van der Waals surface area (Å²) in [4.78, 5) is 0. The van der Waals surface area contributed by atoms with Gasteiger partial charge in [0.2, 0.25) is 0 Å². The molecule has 0 saturated carbocycles. The van der Waals surface area contributed by atoms with Crippen LogP contribution < -0.4 is 0 Å². The second kappa shape index (κ2) is 20.3. The summed E-state index contributed by atoms with van der Waals surface area (Å²) in [6.07, 6.45) is 27.8. The SMILES string of the molecule is CCCCCCCCCCCCCCCCCCCCC(C)[C](C)C. The second-order valence-corrected chi connectivity index (χ2v) is 8.78. The van der Waals surface area contributed by atoms with E-state index in [9.17, 15) is 0 Å². The third kappa shape index (κ3) is 20.2. The van der Waals surface area contributed by atoms with Gasteiger partial charge in [0.15, 0.2) is 0 Å². The molecule has 0 amide bonds. The summed E-state index contributed by atoms with van der Waals surface area (Å²) in [7, 11) is 0. The standard InChI is InChI=1S/C25H51/c1-5-6-7-8-9-10-11-12-13-14-15-16-17-18-19-20-21-22-23-25(4)24(2)3/h25H,5-23H2,1-4H3. The molecule has 0 spiro atoms. The van der Waals surface area contributed by atoms with Crippen molar-refractivity contribution in [2.45, 2.75) is 150 Å². The molecule has 1 unspecified atom stereocenters. The topological polar surface area (TPSA) is 0 Å². The van der Waals surface area contributed by atoms with Gasteiger partial charge in [-0.25, -0.2) is 0 Å². The Morgan fingerprint density at radius 3 is 1.04 bits per heavy atom. The molecular formula is C25H51. The predicted octanol–water partition coefficient (Wildman–Crippen LogP) is 9.67. The summed E-state index contributed by atoms with van der Waals surface area (Å²) in [5, 5.41) is 0. The molecule has 0 heteroatoms. The van der Waals surface area contributed by atoms with Gasteiger partial charge in [0.25, 0.3) is 0 Å². The Kier molecular flexibility index (Phi) is 20.3. The van der Waals surface area contributed by atoms with Gasteiger partial charge in [0.1, 0.15) is 0 Å². The monoisotopic (exact) mass is 351 g/mol. The minimum absolute atomic E-state index is 0.834. The molecule has 0 nitrogen and oxygen atoms in total. The average Bonchev–Trinajstić information content (AvgIpc) is 2.60. The van der Waals surface area contributed by atoms with Crippen LogP contribution in [0.1, 0.15) is 150 Å². The van der Waals surface area contributed by atoms with Crippen LogP contribution in [0.5, 0.6) is 0 Å². The molecule has 1 radical (unpaired) electrons. The van der Waals surface area contributed by atoms with Gasteiger partial charge in [-0.1, -0.05) is 150 Å². The zero-order chi connectivity index (χ0) is 18.6. The molecule has 0 aliphatic rings. The van der Waals surface area contributed by atoms with Crippen LogP contribution in [-0.2, 0) is 0 Å². The summed E-state index contributed by atoms with van der Waals surface area (Å²) in [5.74, 6) is 2.44. The highest BCUT2D eigenvalue weighted by Gasteiger charge is 2.06. The molecular weight excluding hydrogens is 300 g/mol. The first-order valence-corrected chi connectivity index (χ1v) is 12.0. The van der Waals surface area contributed by atoms with Crippen molar-refractivity contribution in [2.24, 2.45) is 5.92 Å². The summed E-state index contributed by atoms with van der Waals surface area (Å²) in [6.45, 7) is 9.23. The molecule has 0 saturated heterocycles. The van der Waals surface area contributed by atoms with Gasteiger partial charge in [-0.2, -0.15) is 0 Å². The highest BCUT2D eigenvalue weighted by molar-refractivity contribution is 4.83. The van der Waals surface area contributed by atoms with Crippen molar-refractivity contribution >= 4 is 0 Å². The Balaban J connectivity index is 3.03. The van der Waals surface area contributed by atoms with Crippen molar-refractivity contribution < 1.29 is 0 Å². The van der Waals surface area contributed by atoms with Crippen LogP contribution in [0, 0.1) is 11.8 Å². The second-order valence-electron chi connectivity index (χ2n) is 8.78. The van der Waals surface area contributed by atoms with E-state index >= 15 is 0 Å². The Labute approximate surface area is 161 Å². The van der Waals surface area contributed by atoms with Crippen molar-refractivity contribution in [3.63, 3.8) is 0 Å². The largest absolute Gasteiger partial charge is 0.0654 e. The molecule has 1 atom stereocenters. The Hall–Kier alpha value is 0. The molecule has 0 aliphatic carbocycles. The lowest BCUT2D eigenvalue weighted by atomic mass is 9.92.